The third-order valence-electron chi connectivity index (χ3n) is 3.30. The summed E-state index contributed by atoms with van der Waals surface area (Å²) >= 11 is 0. The van der Waals surface area contributed by atoms with E-state index in [0.717, 1.165) is 27.6 Å². The van der Waals surface area contributed by atoms with E-state index in [2.05, 4.69) is 36.4 Å². The van der Waals surface area contributed by atoms with Gasteiger partial charge in [0.1, 0.15) is 12.4 Å². The molecule has 3 aromatic carbocycles. The Hall–Kier alpha value is -2.32. The average Bonchev–Trinajstić information content (AvgIpc) is 2.53. The standard InChI is InChI=1S/C18H16O2/c19-12-13-20-18-16-9-5-4-8-15(16)10-11-17(18)14-6-2-1-3-7-14/h1-11,19H,12-13H2. The first-order valence-corrected chi connectivity index (χ1v) is 6.71. The molecule has 3 aromatic rings. The maximum absolute atomic E-state index is 9.04. The van der Waals surface area contributed by atoms with Crippen molar-refractivity contribution in [1.29, 1.82) is 0 Å². The zero-order valence-electron chi connectivity index (χ0n) is 11.1. The number of rotatable bonds is 4. The number of benzene rings is 3. The van der Waals surface area contributed by atoms with E-state index in [1.54, 1.807) is 0 Å². The summed E-state index contributed by atoms with van der Waals surface area (Å²) in [7, 11) is 0. The molecule has 0 aliphatic carbocycles. The van der Waals surface area contributed by atoms with Crippen molar-refractivity contribution in [3.05, 3.63) is 66.7 Å². The van der Waals surface area contributed by atoms with Gasteiger partial charge in [0.2, 0.25) is 0 Å². The average molecular weight is 264 g/mol. The summed E-state index contributed by atoms with van der Waals surface area (Å²) in [5, 5.41) is 11.2. The normalized spacial score (nSPS) is 10.7. The summed E-state index contributed by atoms with van der Waals surface area (Å²) in [6.45, 7) is 0.311. The van der Waals surface area contributed by atoms with Gasteiger partial charge in [-0.1, -0.05) is 66.7 Å². The first-order valence-electron chi connectivity index (χ1n) is 6.71. The summed E-state index contributed by atoms with van der Waals surface area (Å²) in [5.74, 6) is 0.836. The molecule has 1 N–H and O–H groups in total. The van der Waals surface area contributed by atoms with Crippen LogP contribution in [0.2, 0.25) is 0 Å². The van der Waals surface area contributed by atoms with E-state index in [-0.39, 0.29) is 6.61 Å². The van der Waals surface area contributed by atoms with Gasteiger partial charge < -0.3 is 9.84 Å². The Morgan fingerprint density at radius 3 is 2.35 bits per heavy atom. The van der Waals surface area contributed by atoms with Gasteiger partial charge in [-0.25, -0.2) is 0 Å². The van der Waals surface area contributed by atoms with Gasteiger partial charge in [-0.3, -0.25) is 0 Å². The lowest BCUT2D eigenvalue weighted by Gasteiger charge is -2.14. The molecule has 0 saturated carbocycles. The fourth-order valence-electron chi connectivity index (χ4n) is 2.39. The first-order chi connectivity index (χ1) is 9.90. The number of aliphatic hydroxyl groups excluding tert-OH is 1. The van der Waals surface area contributed by atoms with Crippen LogP contribution in [0.5, 0.6) is 5.75 Å². The van der Waals surface area contributed by atoms with E-state index in [0.29, 0.717) is 6.61 Å². The maximum atomic E-state index is 9.04. The van der Waals surface area contributed by atoms with Gasteiger partial charge in [-0.2, -0.15) is 0 Å². The van der Waals surface area contributed by atoms with Crippen LogP contribution in [0.4, 0.5) is 0 Å². The van der Waals surface area contributed by atoms with E-state index < -0.39 is 0 Å². The number of hydrogen-bond acceptors (Lipinski definition) is 2. The van der Waals surface area contributed by atoms with E-state index in [9.17, 15) is 0 Å². The van der Waals surface area contributed by atoms with Gasteiger partial charge in [-0.05, 0) is 10.9 Å². The molecule has 0 unspecified atom stereocenters. The molecule has 0 fully saturated rings. The molecule has 0 aliphatic rings. The Bertz CT molecular complexity index is 705. The lowest BCUT2D eigenvalue weighted by atomic mass is 9.99. The minimum atomic E-state index is 0.0114. The van der Waals surface area contributed by atoms with E-state index in [1.165, 1.54) is 0 Å². The third-order valence-corrected chi connectivity index (χ3v) is 3.30. The molecule has 20 heavy (non-hydrogen) atoms. The van der Waals surface area contributed by atoms with Crippen LogP contribution in [0, 0.1) is 0 Å². The second kappa shape index (κ2) is 5.76. The second-order valence-electron chi connectivity index (χ2n) is 4.60. The Morgan fingerprint density at radius 2 is 1.55 bits per heavy atom. The summed E-state index contributed by atoms with van der Waals surface area (Å²) in [4.78, 5) is 0. The van der Waals surface area contributed by atoms with Gasteiger partial charge in [0, 0.05) is 10.9 Å². The predicted octanol–water partition coefficient (Wildman–Crippen LogP) is 3.88. The predicted molar refractivity (Wildman–Crippen MR) is 82.0 cm³/mol. The fraction of sp³-hybridized carbons (Fsp3) is 0.111. The Kier molecular flexibility index (Phi) is 3.66. The van der Waals surface area contributed by atoms with Crippen molar-refractivity contribution >= 4 is 10.8 Å². The summed E-state index contributed by atoms with van der Waals surface area (Å²) in [5.41, 5.74) is 2.17. The van der Waals surface area contributed by atoms with Crippen LogP contribution >= 0.6 is 0 Å². The lowest BCUT2D eigenvalue weighted by molar-refractivity contribution is 0.203. The maximum Gasteiger partial charge on any atom is 0.135 e. The van der Waals surface area contributed by atoms with Crippen molar-refractivity contribution < 1.29 is 9.84 Å². The summed E-state index contributed by atoms with van der Waals surface area (Å²) in [6.07, 6.45) is 0. The fourth-order valence-corrected chi connectivity index (χ4v) is 2.39. The number of hydrogen-bond donors (Lipinski definition) is 1. The van der Waals surface area contributed by atoms with Crippen LogP contribution in [0.3, 0.4) is 0 Å². The first kappa shape index (κ1) is 12.7. The van der Waals surface area contributed by atoms with Crippen molar-refractivity contribution in [2.75, 3.05) is 13.2 Å². The van der Waals surface area contributed by atoms with Gasteiger partial charge in [0.15, 0.2) is 0 Å². The lowest BCUT2D eigenvalue weighted by Crippen LogP contribution is -2.03. The molecule has 0 atom stereocenters. The summed E-state index contributed by atoms with van der Waals surface area (Å²) < 4.78 is 5.80. The van der Waals surface area contributed by atoms with Gasteiger partial charge in [0.25, 0.3) is 0 Å². The third kappa shape index (κ3) is 2.38. The minimum Gasteiger partial charge on any atom is -0.490 e. The van der Waals surface area contributed by atoms with E-state index >= 15 is 0 Å². The van der Waals surface area contributed by atoms with Crippen LogP contribution < -0.4 is 4.74 Å². The van der Waals surface area contributed by atoms with Crippen LogP contribution in [0.1, 0.15) is 0 Å². The minimum absolute atomic E-state index is 0.0114. The van der Waals surface area contributed by atoms with Crippen molar-refractivity contribution in [3.63, 3.8) is 0 Å². The van der Waals surface area contributed by atoms with Gasteiger partial charge >= 0.3 is 0 Å². The van der Waals surface area contributed by atoms with Gasteiger partial charge in [-0.15, -0.1) is 0 Å². The summed E-state index contributed by atoms with van der Waals surface area (Å²) in [6, 6.07) is 22.5. The molecule has 0 spiro atoms. The molecule has 0 saturated heterocycles. The zero-order chi connectivity index (χ0) is 13.8. The molecule has 2 nitrogen and oxygen atoms in total. The van der Waals surface area contributed by atoms with E-state index in [4.69, 9.17) is 9.84 Å². The second-order valence-corrected chi connectivity index (χ2v) is 4.60. The highest BCUT2D eigenvalue weighted by molar-refractivity contribution is 5.95. The van der Waals surface area contributed by atoms with Crippen molar-refractivity contribution in [3.8, 4) is 16.9 Å². The van der Waals surface area contributed by atoms with Crippen molar-refractivity contribution in [1.82, 2.24) is 0 Å². The highest BCUT2D eigenvalue weighted by atomic mass is 16.5. The Labute approximate surface area is 118 Å². The quantitative estimate of drug-likeness (QED) is 0.775. The molecule has 0 heterocycles. The molecule has 0 aromatic heterocycles. The van der Waals surface area contributed by atoms with Crippen LogP contribution in [0.15, 0.2) is 66.7 Å². The Balaban J connectivity index is 2.20. The number of ether oxygens (including phenoxy) is 1. The van der Waals surface area contributed by atoms with Crippen LogP contribution in [-0.2, 0) is 0 Å². The SMILES string of the molecule is OCCOc1c(-c2ccccc2)ccc2ccccc12. The number of aliphatic hydroxyl groups is 1. The van der Waals surface area contributed by atoms with Crippen LogP contribution in [-0.4, -0.2) is 18.3 Å². The largest absolute Gasteiger partial charge is 0.490 e. The van der Waals surface area contributed by atoms with E-state index in [1.807, 2.05) is 30.3 Å². The molecule has 0 bridgehead atoms. The van der Waals surface area contributed by atoms with Crippen LogP contribution in [0.25, 0.3) is 21.9 Å². The molecule has 0 radical (unpaired) electrons. The molecule has 3 rings (SSSR count). The number of fused-ring (bicyclic) bond motifs is 1. The highest BCUT2D eigenvalue weighted by Crippen LogP contribution is 2.36. The smallest absolute Gasteiger partial charge is 0.135 e. The highest BCUT2D eigenvalue weighted by Gasteiger charge is 2.10. The Morgan fingerprint density at radius 1 is 0.800 bits per heavy atom. The van der Waals surface area contributed by atoms with Gasteiger partial charge in [0.05, 0.1) is 6.61 Å². The molecular formula is C18H16O2. The topological polar surface area (TPSA) is 29.5 Å². The molecule has 0 amide bonds. The van der Waals surface area contributed by atoms with Crippen molar-refractivity contribution in [2.24, 2.45) is 0 Å². The molecule has 100 valence electrons. The monoisotopic (exact) mass is 264 g/mol. The zero-order valence-corrected chi connectivity index (χ0v) is 11.1. The van der Waals surface area contributed by atoms with Crippen molar-refractivity contribution in [2.45, 2.75) is 0 Å². The molecule has 2 heteroatoms. The molecule has 0 aliphatic heterocycles. The molecular weight excluding hydrogens is 248 g/mol.